The van der Waals surface area contributed by atoms with E-state index in [1.807, 2.05) is 57.2 Å². The molecule has 1 aliphatic heterocycles. The summed E-state index contributed by atoms with van der Waals surface area (Å²) in [5.41, 5.74) is 4.61. The van der Waals surface area contributed by atoms with Crippen molar-refractivity contribution in [2.45, 2.75) is 38.5 Å². The third kappa shape index (κ3) is 5.81. The van der Waals surface area contributed by atoms with E-state index in [9.17, 15) is 13.2 Å². The molecule has 0 spiro atoms. The van der Waals surface area contributed by atoms with Crippen LogP contribution in [-0.4, -0.2) is 58.2 Å². The first-order valence-electron chi connectivity index (χ1n) is 11.3. The van der Waals surface area contributed by atoms with Gasteiger partial charge < -0.3 is 10.6 Å². The average Bonchev–Trinajstić information content (AvgIpc) is 3.30. The van der Waals surface area contributed by atoms with Gasteiger partial charge in [-0.2, -0.15) is 0 Å². The van der Waals surface area contributed by atoms with Gasteiger partial charge >= 0.3 is 0 Å². The summed E-state index contributed by atoms with van der Waals surface area (Å²) in [6.07, 6.45) is 1.22. The monoisotopic (exact) mass is 470 g/mol. The Balaban J connectivity index is 1.72. The summed E-state index contributed by atoms with van der Waals surface area (Å²) in [4.78, 5) is 17.3. The molecule has 178 valence electrons. The van der Waals surface area contributed by atoms with Gasteiger partial charge in [0.05, 0.1) is 17.4 Å². The zero-order chi connectivity index (χ0) is 24.2. The second-order valence-corrected chi connectivity index (χ2v) is 10.7. The maximum atomic E-state index is 13.3. The van der Waals surface area contributed by atoms with Crippen LogP contribution < -0.4 is 10.6 Å². The standard InChI is InChI=1S/C25H34N4O3S/c1-17-14-18(2)23(19(3)15-17)33(31,32)29(5)16-22(25(30)26-4)11-8-20-6-9-21(10-7-20)24-27-12-13-28-24/h6-7,9-10,14-15,22H,8,11-13,16H2,1-5H3,(H,26,30)(H,27,28). The first-order chi connectivity index (χ1) is 15.6. The molecule has 3 rings (SSSR count). The highest BCUT2D eigenvalue weighted by molar-refractivity contribution is 7.89. The Morgan fingerprint density at radius 3 is 2.33 bits per heavy atom. The molecular formula is C25H34N4O3S. The molecule has 0 saturated heterocycles. The van der Waals surface area contributed by atoms with Crippen LogP contribution in [-0.2, 0) is 21.2 Å². The van der Waals surface area contributed by atoms with Crippen molar-refractivity contribution in [2.75, 3.05) is 33.7 Å². The normalized spacial score (nSPS) is 14.7. The van der Waals surface area contributed by atoms with Gasteiger partial charge in [0.15, 0.2) is 0 Å². The van der Waals surface area contributed by atoms with Crippen molar-refractivity contribution in [2.24, 2.45) is 10.9 Å². The van der Waals surface area contributed by atoms with E-state index in [1.165, 1.54) is 4.31 Å². The van der Waals surface area contributed by atoms with E-state index >= 15 is 0 Å². The highest BCUT2D eigenvalue weighted by atomic mass is 32.2. The number of hydrogen-bond acceptors (Lipinski definition) is 5. The van der Waals surface area contributed by atoms with Crippen LogP contribution in [0.4, 0.5) is 0 Å². The molecule has 0 aromatic heterocycles. The number of carbonyl (C=O) groups is 1. The Kier molecular flexibility index (Phi) is 7.92. The number of hydrogen-bond donors (Lipinski definition) is 2. The summed E-state index contributed by atoms with van der Waals surface area (Å²) in [6, 6.07) is 11.9. The van der Waals surface area contributed by atoms with Crippen LogP contribution in [0.1, 0.15) is 34.2 Å². The van der Waals surface area contributed by atoms with Gasteiger partial charge in [0.1, 0.15) is 5.84 Å². The summed E-state index contributed by atoms with van der Waals surface area (Å²) in [5, 5.41) is 5.95. The molecule has 8 heteroatoms. The number of benzene rings is 2. The van der Waals surface area contributed by atoms with E-state index in [0.29, 0.717) is 17.7 Å². The topological polar surface area (TPSA) is 90.9 Å². The Labute approximate surface area is 197 Å². The molecule has 0 radical (unpaired) electrons. The van der Waals surface area contributed by atoms with Crippen LogP contribution >= 0.6 is 0 Å². The summed E-state index contributed by atoms with van der Waals surface area (Å²) < 4.78 is 28.0. The summed E-state index contributed by atoms with van der Waals surface area (Å²) in [5.74, 6) is 0.301. The number of aryl methyl sites for hydroxylation is 4. The molecule has 1 amide bonds. The smallest absolute Gasteiger partial charge is 0.243 e. The maximum absolute atomic E-state index is 13.3. The molecule has 1 atom stereocenters. The second-order valence-electron chi connectivity index (χ2n) is 8.72. The minimum atomic E-state index is -3.72. The number of amides is 1. The summed E-state index contributed by atoms with van der Waals surface area (Å²) >= 11 is 0. The SMILES string of the molecule is CNC(=O)C(CCc1ccc(C2=NCCN2)cc1)CN(C)S(=O)(=O)c1c(C)cc(C)cc1C. The van der Waals surface area contributed by atoms with Crippen LogP contribution in [0.15, 0.2) is 46.3 Å². The molecule has 1 aliphatic rings. The molecular weight excluding hydrogens is 436 g/mol. The van der Waals surface area contributed by atoms with E-state index in [4.69, 9.17) is 0 Å². The number of rotatable bonds is 9. The van der Waals surface area contributed by atoms with Crippen LogP contribution in [0.5, 0.6) is 0 Å². The molecule has 0 saturated carbocycles. The van der Waals surface area contributed by atoms with Crippen LogP contribution in [0.2, 0.25) is 0 Å². The van der Waals surface area contributed by atoms with Gasteiger partial charge in [-0.1, -0.05) is 42.0 Å². The largest absolute Gasteiger partial charge is 0.368 e. The number of carbonyl (C=O) groups excluding carboxylic acids is 1. The molecule has 33 heavy (non-hydrogen) atoms. The second kappa shape index (κ2) is 10.5. The lowest BCUT2D eigenvalue weighted by Crippen LogP contribution is -2.39. The highest BCUT2D eigenvalue weighted by Crippen LogP contribution is 2.26. The third-order valence-corrected chi connectivity index (χ3v) is 8.18. The Hall–Kier alpha value is -2.71. The van der Waals surface area contributed by atoms with Crippen molar-refractivity contribution in [3.05, 3.63) is 64.2 Å². The van der Waals surface area contributed by atoms with Gasteiger partial charge in [-0.15, -0.1) is 0 Å². The molecule has 1 heterocycles. The fraction of sp³-hybridized carbons (Fsp3) is 0.440. The van der Waals surface area contributed by atoms with E-state index in [1.54, 1.807) is 14.1 Å². The number of nitrogens with one attached hydrogen (secondary N) is 2. The number of amidine groups is 1. The zero-order valence-corrected chi connectivity index (χ0v) is 20.9. The summed E-state index contributed by atoms with van der Waals surface area (Å²) in [6.45, 7) is 7.35. The minimum absolute atomic E-state index is 0.119. The highest BCUT2D eigenvalue weighted by Gasteiger charge is 2.29. The molecule has 0 bridgehead atoms. The van der Waals surface area contributed by atoms with Crippen molar-refractivity contribution < 1.29 is 13.2 Å². The Bertz CT molecular complexity index is 1120. The molecule has 1 unspecified atom stereocenters. The van der Waals surface area contributed by atoms with Gasteiger partial charge in [-0.25, -0.2) is 12.7 Å². The van der Waals surface area contributed by atoms with E-state index < -0.39 is 15.9 Å². The van der Waals surface area contributed by atoms with Gasteiger partial charge in [0, 0.05) is 32.7 Å². The van der Waals surface area contributed by atoms with Crippen LogP contribution in [0.3, 0.4) is 0 Å². The molecule has 7 nitrogen and oxygen atoms in total. The third-order valence-electron chi connectivity index (χ3n) is 6.05. The van der Waals surface area contributed by atoms with E-state index in [2.05, 4.69) is 15.6 Å². The van der Waals surface area contributed by atoms with Crippen molar-refractivity contribution >= 4 is 21.8 Å². The number of aliphatic imine (C=N–C) groups is 1. The summed E-state index contributed by atoms with van der Waals surface area (Å²) in [7, 11) is -0.583. The van der Waals surface area contributed by atoms with Crippen molar-refractivity contribution in [1.29, 1.82) is 0 Å². The van der Waals surface area contributed by atoms with Crippen LogP contribution in [0.25, 0.3) is 0 Å². The minimum Gasteiger partial charge on any atom is -0.368 e. The van der Waals surface area contributed by atoms with E-state index in [0.717, 1.165) is 46.7 Å². The molecule has 2 N–H and O–H groups in total. The van der Waals surface area contributed by atoms with Gasteiger partial charge in [0.25, 0.3) is 0 Å². The fourth-order valence-electron chi connectivity index (χ4n) is 4.41. The molecule has 2 aromatic rings. The molecule has 2 aromatic carbocycles. The van der Waals surface area contributed by atoms with E-state index in [-0.39, 0.29) is 12.5 Å². The number of sulfonamides is 1. The van der Waals surface area contributed by atoms with Crippen molar-refractivity contribution in [1.82, 2.24) is 14.9 Å². The number of nitrogens with zero attached hydrogens (tertiary/aromatic N) is 2. The van der Waals surface area contributed by atoms with Crippen molar-refractivity contribution in [3.63, 3.8) is 0 Å². The lowest BCUT2D eigenvalue weighted by atomic mass is 9.98. The van der Waals surface area contributed by atoms with Gasteiger partial charge in [-0.05, 0) is 50.3 Å². The Morgan fingerprint density at radius 1 is 1.15 bits per heavy atom. The average molecular weight is 471 g/mol. The first-order valence-corrected chi connectivity index (χ1v) is 12.7. The Morgan fingerprint density at radius 2 is 1.79 bits per heavy atom. The first kappa shape index (κ1) is 24.9. The fourth-order valence-corrected chi connectivity index (χ4v) is 6.03. The molecule has 0 aliphatic carbocycles. The lowest BCUT2D eigenvalue weighted by molar-refractivity contribution is -0.124. The lowest BCUT2D eigenvalue weighted by Gasteiger charge is -2.24. The predicted octanol–water partition coefficient (Wildman–Crippen LogP) is 2.58. The predicted molar refractivity (Wildman–Crippen MR) is 132 cm³/mol. The zero-order valence-electron chi connectivity index (χ0n) is 20.1. The molecule has 0 fully saturated rings. The maximum Gasteiger partial charge on any atom is 0.243 e. The van der Waals surface area contributed by atoms with Gasteiger partial charge in [0.2, 0.25) is 15.9 Å². The van der Waals surface area contributed by atoms with Gasteiger partial charge in [-0.3, -0.25) is 9.79 Å². The quantitative estimate of drug-likeness (QED) is 0.589. The van der Waals surface area contributed by atoms with Crippen LogP contribution in [0, 0.1) is 26.7 Å². The van der Waals surface area contributed by atoms with Crippen molar-refractivity contribution in [3.8, 4) is 0 Å².